The van der Waals surface area contributed by atoms with Crippen LogP contribution in [0.2, 0.25) is 0 Å². The molecule has 1 saturated heterocycles. The van der Waals surface area contributed by atoms with Crippen LogP contribution in [0.1, 0.15) is 36.0 Å². The Labute approximate surface area is 131 Å². The fraction of sp³-hybridized carbons (Fsp3) is 0.611. The number of carbonyl (C=O) groups is 1. The van der Waals surface area contributed by atoms with Gasteiger partial charge in [0.25, 0.3) is 5.91 Å². The SMILES string of the molecule is O=C(N[C@@H]1C[C@H]2CC[C@H]1C2)c1ccc(N2CCOCC2)cc1. The van der Waals surface area contributed by atoms with Crippen LogP contribution in [-0.2, 0) is 4.74 Å². The Hall–Kier alpha value is -1.55. The summed E-state index contributed by atoms with van der Waals surface area (Å²) in [5.41, 5.74) is 1.96. The summed E-state index contributed by atoms with van der Waals surface area (Å²) in [6.07, 6.45) is 5.17. The maximum absolute atomic E-state index is 12.4. The molecule has 3 aliphatic rings. The number of ether oxygens (including phenoxy) is 1. The van der Waals surface area contributed by atoms with Gasteiger partial charge in [-0.3, -0.25) is 4.79 Å². The van der Waals surface area contributed by atoms with Gasteiger partial charge in [-0.1, -0.05) is 6.42 Å². The molecule has 0 aromatic heterocycles. The molecule has 1 heterocycles. The van der Waals surface area contributed by atoms with Crippen LogP contribution in [0.4, 0.5) is 5.69 Å². The molecule has 22 heavy (non-hydrogen) atoms. The predicted octanol–water partition coefficient (Wildman–Crippen LogP) is 2.44. The van der Waals surface area contributed by atoms with E-state index in [4.69, 9.17) is 4.74 Å². The molecule has 1 aliphatic heterocycles. The molecule has 0 spiro atoms. The Morgan fingerprint density at radius 2 is 1.86 bits per heavy atom. The van der Waals surface area contributed by atoms with Crippen molar-refractivity contribution in [1.29, 1.82) is 0 Å². The van der Waals surface area contributed by atoms with Gasteiger partial charge in [-0.25, -0.2) is 0 Å². The number of anilines is 1. The van der Waals surface area contributed by atoms with Crippen molar-refractivity contribution in [3.8, 4) is 0 Å². The fourth-order valence-corrected chi connectivity index (χ4v) is 4.32. The molecule has 1 N–H and O–H groups in total. The van der Waals surface area contributed by atoms with Gasteiger partial charge >= 0.3 is 0 Å². The van der Waals surface area contributed by atoms with Crippen molar-refractivity contribution in [3.63, 3.8) is 0 Å². The van der Waals surface area contributed by atoms with E-state index in [0.29, 0.717) is 6.04 Å². The Balaban J connectivity index is 1.38. The normalized spacial score (nSPS) is 30.5. The van der Waals surface area contributed by atoms with E-state index in [1.165, 1.54) is 31.4 Å². The van der Waals surface area contributed by atoms with Crippen molar-refractivity contribution in [3.05, 3.63) is 29.8 Å². The van der Waals surface area contributed by atoms with Crippen molar-refractivity contribution in [2.24, 2.45) is 11.8 Å². The highest BCUT2D eigenvalue weighted by Crippen LogP contribution is 2.44. The largest absolute Gasteiger partial charge is 0.378 e. The van der Waals surface area contributed by atoms with Gasteiger partial charge in [-0.2, -0.15) is 0 Å². The maximum atomic E-state index is 12.4. The van der Waals surface area contributed by atoms with Crippen molar-refractivity contribution in [2.75, 3.05) is 31.2 Å². The Bertz CT molecular complexity index is 537. The van der Waals surface area contributed by atoms with Crippen LogP contribution in [0, 0.1) is 11.8 Å². The number of hydrogen-bond donors (Lipinski definition) is 1. The van der Waals surface area contributed by atoms with Gasteiger partial charge < -0.3 is 15.0 Å². The first-order valence-corrected chi connectivity index (χ1v) is 8.53. The molecule has 0 unspecified atom stereocenters. The van der Waals surface area contributed by atoms with E-state index < -0.39 is 0 Å². The summed E-state index contributed by atoms with van der Waals surface area (Å²) in [5.74, 6) is 1.67. The van der Waals surface area contributed by atoms with E-state index in [0.717, 1.165) is 43.7 Å². The van der Waals surface area contributed by atoms with Crippen molar-refractivity contribution < 1.29 is 9.53 Å². The molecule has 3 fully saturated rings. The third-order valence-electron chi connectivity index (χ3n) is 5.56. The van der Waals surface area contributed by atoms with Crippen LogP contribution in [0.25, 0.3) is 0 Å². The molecule has 1 aromatic carbocycles. The van der Waals surface area contributed by atoms with Gasteiger partial charge in [0.2, 0.25) is 0 Å². The number of hydrogen-bond acceptors (Lipinski definition) is 3. The highest BCUT2D eigenvalue weighted by atomic mass is 16.5. The minimum Gasteiger partial charge on any atom is -0.378 e. The molecule has 2 bridgehead atoms. The first-order chi connectivity index (χ1) is 10.8. The Morgan fingerprint density at radius 3 is 2.50 bits per heavy atom. The van der Waals surface area contributed by atoms with E-state index in [9.17, 15) is 4.79 Å². The topological polar surface area (TPSA) is 41.6 Å². The average Bonchev–Trinajstić information content (AvgIpc) is 3.19. The van der Waals surface area contributed by atoms with Crippen molar-refractivity contribution in [1.82, 2.24) is 5.32 Å². The molecule has 4 rings (SSSR count). The third-order valence-corrected chi connectivity index (χ3v) is 5.56. The zero-order valence-corrected chi connectivity index (χ0v) is 13.0. The minimum absolute atomic E-state index is 0.0890. The molecule has 1 aromatic rings. The van der Waals surface area contributed by atoms with Gasteiger partial charge in [0.1, 0.15) is 0 Å². The maximum Gasteiger partial charge on any atom is 0.251 e. The van der Waals surface area contributed by atoms with Crippen LogP contribution in [0.3, 0.4) is 0 Å². The quantitative estimate of drug-likeness (QED) is 0.932. The first-order valence-electron chi connectivity index (χ1n) is 8.53. The summed E-state index contributed by atoms with van der Waals surface area (Å²) in [6, 6.07) is 8.42. The van der Waals surface area contributed by atoms with Crippen LogP contribution in [-0.4, -0.2) is 38.3 Å². The number of fused-ring (bicyclic) bond motifs is 2. The summed E-state index contributed by atoms with van der Waals surface area (Å²) in [5, 5.41) is 3.25. The first kappa shape index (κ1) is 14.1. The molecule has 2 saturated carbocycles. The number of carbonyl (C=O) groups excluding carboxylic acids is 1. The van der Waals surface area contributed by atoms with Crippen LogP contribution in [0.5, 0.6) is 0 Å². The lowest BCUT2D eigenvalue weighted by Crippen LogP contribution is -2.38. The molecule has 0 radical (unpaired) electrons. The number of benzene rings is 1. The van der Waals surface area contributed by atoms with Crippen molar-refractivity contribution in [2.45, 2.75) is 31.7 Å². The van der Waals surface area contributed by atoms with Crippen LogP contribution < -0.4 is 10.2 Å². The molecule has 2 aliphatic carbocycles. The fourth-order valence-electron chi connectivity index (χ4n) is 4.32. The van der Waals surface area contributed by atoms with Gasteiger partial charge in [-0.15, -0.1) is 0 Å². The molecule has 3 atom stereocenters. The number of amides is 1. The number of morpholine rings is 1. The summed E-state index contributed by atoms with van der Waals surface area (Å²) in [4.78, 5) is 14.7. The lowest BCUT2D eigenvalue weighted by atomic mass is 9.95. The van der Waals surface area contributed by atoms with Gasteiger partial charge in [-0.05, 0) is 55.4 Å². The van der Waals surface area contributed by atoms with E-state index >= 15 is 0 Å². The van der Waals surface area contributed by atoms with Crippen LogP contribution in [0.15, 0.2) is 24.3 Å². The highest BCUT2D eigenvalue weighted by Gasteiger charge is 2.40. The summed E-state index contributed by atoms with van der Waals surface area (Å²) < 4.78 is 5.38. The second kappa shape index (κ2) is 5.92. The highest BCUT2D eigenvalue weighted by molar-refractivity contribution is 5.94. The average molecular weight is 300 g/mol. The molecular formula is C18H24N2O2. The monoisotopic (exact) mass is 300 g/mol. The zero-order valence-electron chi connectivity index (χ0n) is 13.0. The van der Waals surface area contributed by atoms with Gasteiger partial charge in [0.05, 0.1) is 13.2 Å². The predicted molar refractivity (Wildman–Crippen MR) is 86.2 cm³/mol. The van der Waals surface area contributed by atoms with E-state index in [1.807, 2.05) is 12.1 Å². The van der Waals surface area contributed by atoms with Gasteiger partial charge in [0.15, 0.2) is 0 Å². The lowest BCUT2D eigenvalue weighted by Gasteiger charge is -2.29. The van der Waals surface area contributed by atoms with Gasteiger partial charge in [0, 0.05) is 30.4 Å². The van der Waals surface area contributed by atoms with E-state index in [2.05, 4.69) is 22.3 Å². The zero-order chi connectivity index (χ0) is 14.9. The number of nitrogens with zero attached hydrogens (tertiary/aromatic N) is 1. The number of nitrogens with one attached hydrogen (secondary N) is 1. The lowest BCUT2D eigenvalue weighted by molar-refractivity contribution is 0.0923. The van der Waals surface area contributed by atoms with E-state index in [1.54, 1.807) is 0 Å². The second-order valence-electron chi connectivity index (χ2n) is 6.90. The molecule has 118 valence electrons. The molecular weight excluding hydrogens is 276 g/mol. The molecule has 1 amide bonds. The van der Waals surface area contributed by atoms with Crippen molar-refractivity contribution >= 4 is 11.6 Å². The number of rotatable bonds is 3. The van der Waals surface area contributed by atoms with E-state index in [-0.39, 0.29) is 5.91 Å². The summed E-state index contributed by atoms with van der Waals surface area (Å²) >= 11 is 0. The second-order valence-corrected chi connectivity index (χ2v) is 6.90. The smallest absolute Gasteiger partial charge is 0.251 e. The third kappa shape index (κ3) is 2.72. The summed E-state index contributed by atoms with van der Waals surface area (Å²) in [7, 11) is 0. The summed E-state index contributed by atoms with van der Waals surface area (Å²) in [6.45, 7) is 3.42. The minimum atomic E-state index is 0.0890. The standard InChI is InChI=1S/C18H24N2O2/c21-18(19-17-12-13-1-2-15(17)11-13)14-3-5-16(6-4-14)20-7-9-22-10-8-20/h3-6,13,15,17H,1-2,7-12H2,(H,19,21)/t13-,15-,17+/m0/s1. The Kier molecular flexibility index (Phi) is 3.78. The van der Waals surface area contributed by atoms with Crippen LogP contribution >= 0.6 is 0 Å². The molecule has 4 heteroatoms. The Morgan fingerprint density at radius 1 is 1.09 bits per heavy atom. The molecule has 4 nitrogen and oxygen atoms in total.